The van der Waals surface area contributed by atoms with Gasteiger partial charge in [0.15, 0.2) is 0 Å². The van der Waals surface area contributed by atoms with Crippen molar-refractivity contribution in [1.82, 2.24) is 10.9 Å². The van der Waals surface area contributed by atoms with Crippen LogP contribution in [0.2, 0.25) is 0 Å². The Morgan fingerprint density at radius 1 is 1.08 bits per heavy atom. The molecule has 1 heterocycles. The quantitative estimate of drug-likeness (QED) is 0.677. The van der Waals surface area contributed by atoms with Crippen molar-refractivity contribution in [3.8, 4) is 0 Å². The summed E-state index contributed by atoms with van der Waals surface area (Å²) in [5, 5.41) is 0. The minimum atomic E-state index is 1.11. The molecule has 0 radical (unpaired) electrons. The van der Waals surface area contributed by atoms with E-state index in [0.717, 1.165) is 5.70 Å². The Labute approximate surface area is 77.9 Å². The number of hydrazine groups is 1. The van der Waals surface area contributed by atoms with Crippen molar-refractivity contribution in [1.29, 1.82) is 0 Å². The lowest BCUT2D eigenvalue weighted by Gasteiger charge is -2.15. The minimum absolute atomic E-state index is 1.11. The van der Waals surface area contributed by atoms with Gasteiger partial charge in [-0.05, 0) is 24.1 Å². The number of hydrogen-bond acceptors (Lipinski definition) is 2. The molecule has 13 heavy (non-hydrogen) atoms. The third kappa shape index (κ3) is 1.72. The van der Waals surface area contributed by atoms with E-state index in [1.165, 1.54) is 11.1 Å². The molecule has 0 saturated heterocycles. The molecule has 0 amide bonds. The highest BCUT2D eigenvalue weighted by atomic mass is 15.4. The molecule has 2 rings (SSSR count). The first kappa shape index (κ1) is 7.92. The average molecular weight is 172 g/mol. The van der Waals surface area contributed by atoms with Crippen LogP contribution in [0.1, 0.15) is 12.5 Å². The van der Waals surface area contributed by atoms with Crippen LogP contribution in [-0.4, -0.2) is 0 Å². The van der Waals surface area contributed by atoms with E-state index in [9.17, 15) is 0 Å². The standard InChI is InChI=1S/C11H12N2/c1-9-7-11(13-12-8-9)10-5-3-2-4-6-10/h2-8,12-13H,1H3. The number of rotatable bonds is 1. The van der Waals surface area contributed by atoms with Crippen molar-refractivity contribution in [3.63, 3.8) is 0 Å². The van der Waals surface area contributed by atoms with E-state index in [2.05, 4.69) is 36.0 Å². The molecule has 0 unspecified atom stereocenters. The average Bonchev–Trinajstić information content (AvgIpc) is 2.19. The van der Waals surface area contributed by atoms with Crippen molar-refractivity contribution in [2.45, 2.75) is 6.92 Å². The van der Waals surface area contributed by atoms with Crippen LogP contribution in [0.5, 0.6) is 0 Å². The maximum atomic E-state index is 3.10. The summed E-state index contributed by atoms with van der Waals surface area (Å²) < 4.78 is 0. The Hall–Kier alpha value is -1.70. The van der Waals surface area contributed by atoms with Crippen LogP contribution >= 0.6 is 0 Å². The summed E-state index contributed by atoms with van der Waals surface area (Å²) in [4.78, 5) is 0. The number of allylic oxidation sites excluding steroid dienone is 2. The molecule has 1 aromatic rings. The molecular weight excluding hydrogens is 160 g/mol. The fraction of sp³-hybridized carbons (Fsp3) is 0.0909. The van der Waals surface area contributed by atoms with Crippen LogP contribution in [0.25, 0.3) is 5.70 Å². The fourth-order valence-corrected chi connectivity index (χ4v) is 1.31. The van der Waals surface area contributed by atoms with E-state index < -0.39 is 0 Å². The Bertz CT molecular complexity index is 350. The predicted octanol–water partition coefficient (Wildman–Crippen LogP) is 2.04. The van der Waals surface area contributed by atoms with Crippen LogP contribution in [0, 0.1) is 0 Å². The van der Waals surface area contributed by atoms with Gasteiger partial charge < -0.3 is 10.9 Å². The zero-order chi connectivity index (χ0) is 9.10. The largest absolute Gasteiger partial charge is 0.308 e. The maximum absolute atomic E-state index is 3.10. The third-order valence-corrected chi connectivity index (χ3v) is 1.96. The van der Waals surface area contributed by atoms with E-state index in [0.29, 0.717) is 0 Å². The minimum Gasteiger partial charge on any atom is -0.308 e. The van der Waals surface area contributed by atoms with Crippen molar-refractivity contribution < 1.29 is 0 Å². The topological polar surface area (TPSA) is 24.1 Å². The summed E-state index contributed by atoms with van der Waals surface area (Å²) >= 11 is 0. The second-order valence-corrected chi connectivity index (χ2v) is 3.08. The first-order valence-corrected chi connectivity index (χ1v) is 4.32. The molecule has 2 N–H and O–H groups in total. The van der Waals surface area contributed by atoms with E-state index in [1.54, 1.807) is 0 Å². The summed E-state index contributed by atoms with van der Waals surface area (Å²) in [5.41, 5.74) is 9.63. The molecule has 66 valence electrons. The number of nitrogens with one attached hydrogen (secondary N) is 2. The smallest absolute Gasteiger partial charge is 0.0615 e. The molecule has 2 nitrogen and oxygen atoms in total. The fourth-order valence-electron chi connectivity index (χ4n) is 1.31. The second kappa shape index (κ2) is 3.35. The van der Waals surface area contributed by atoms with Crippen molar-refractivity contribution in [2.75, 3.05) is 0 Å². The molecule has 0 atom stereocenters. The summed E-state index contributed by atoms with van der Waals surface area (Å²) in [6, 6.07) is 10.2. The first-order chi connectivity index (χ1) is 6.36. The number of benzene rings is 1. The van der Waals surface area contributed by atoms with E-state index >= 15 is 0 Å². The van der Waals surface area contributed by atoms with Crippen LogP contribution in [0.15, 0.2) is 48.2 Å². The van der Waals surface area contributed by atoms with Gasteiger partial charge in [-0.25, -0.2) is 0 Å². The summed E-state index contributed by atoms with van der Waals surface area (Å²) in [6.45, 7) is 2.07. The summed E-state index contributed by atoms with van der Waals surface area (Å²) in [5.74, 6) is 0. The highest BCUT2D eigenvalue weighted by Gasteiger charge is 2.02. The van der Waals surface area contributed by atoms with Crippen molar-refractivity contribution >= 4 is 5.70 Å². The number of hydrogen-bond donors (Lipinski definition) is 2. The van der Waals surface area contributed by atoms with E-state index in [4.69, 9.17) is 0 Å². The molecule has 0 fully saturated rings. The SMILES string of the molecule is CC1=CNNC(c2ccccc2)=C1. The van der Waals surface area contributed by atoms with E-state index in [-0.39, 0.29) is 0 Å². The van der Waals surface area contributed by atoms with Gasteiger partial charge in [0.1, 0.15) is 0 Å². The van der Waals surface area contributed by atoms with Gasteiger partial charge in [-0.2, -0.15) is 0 Å². The van der Waals surface area contributed by atoms with Crippen molar-refractivity contribution in [2.24, 2.45) is 0 Å². The zero-order valence-corrected chi connectivity index (χ0v) is 7.54. The van der Waals surface area contributed by atoms with Crippen LogP contribution in [-0.2, 0) is 0 Å². The lowest BCUT2D eigenvalue weighted by atomic mass is 10.1. The molecule has 1 aromatic carbocycles. The van der Waals surface area contributed by atoms with Crippen LogP contribution in [0.3, 0.4) is 0 Å². The Balaban J connectivity index is 2.32. The van der Waals surface area contributed by atoms with Gasteiger partial charge in [-0.15, -0.1) is 0 Å². The monoisotopic (exact) mass is 172 g/mol. The highest BCUT2D eigenvalue weighted by molar-refractivity contribution is 5.67. The first-order valence-electron chi connectivity index (χ1n) is 4.32. The summed E-state index contributed by atoms with van der Waals surface area (Å²) in [6.07, 6.45) is 4.05. The van der Waals surface area contributed by atoms with Crippen LogP contribution < -0.4 is 10.9 Å². The molecule has 0 aromatic heterocycles. The maximum Gasteiger partial charge on any atom is 0.0615 e. The lowest BCUT2D eigenvalue weighted by molar-refractivity contribution is 0.778. The molecule has 1 aliphatic heterocycles. The van der Waals surface area contributed by atoms with E-state index in [1.807, 2.05) is 24.4 Å². The van der Waals surface area contributed by atoms with Gasteiger partial charge in [-0.3, -0.25) is 0 Å². The third-order valence-electron chi connectivity index (χ3n) is 1.96. The molecule has 2 heteroatoms. The molecule has 0 saturated carbocycles. The lowest BCUT2D eigenvalue weighted by Crippen LogP contribution is -2.27. The van der Waals surface area contributed by atoms with Gasteiger partial charge in [0.05, 0.1) is 5.70 Å². The van der Waals surface area contributed by atoms with Gasteiger partial charge in [-0.1, -0.05) is 30.3 Å². The molecule has 0 spiro atoms. The molecule has 1 aliphatic rings. The van der Waals surface area contributed by atoms with Gasteiger partial charge in [0.2, 0.25) is 0 Å². The van der Waals surface area contributed by atoms with Crippen molar-refractivity contribution in [3.05, 3.63) is 53.7 Å². The normalized spacial score (nSPS) is 15.2. The Kier molecular flexibility index (Phi) is 2.04. The Morgan fingerprint density at radius 3 is 2.54 bits per heavy atom. The molecule has 0 bridgehead atoms. The Morgan fingerprint density at radius 2 is 1.85 bits per heavy atom. The van der Waals surface area contributed by atoms with Crippen LogP contribution in [0.4, 0.5) is 0 Å². The van der Waals surface area contributed by atoms with Gasteiger partial charge >= 0.3 is 0 Å². The predicted molar refractivity (Wildman–Crippen MR) is 54.4 cm³/mol. The zero-order valence-electron chi connectivity index (χ0n) is 7.54. The molecular formula is C11H12N2. The summed E-state index contributed by atoms with van der Waals surface area (Å²) in [7, 11) is 0. The highest BCUT2D eigenvalue weighted by Crippen LogP contribution is 2.14. The van der Waals surface area contributed by atoms with Gasteiger partial charge in [0, 0.05) is 6.20 Å². The molecule has 0 aliphatic carbocycles. The van der Waals surface area contributed by atoms with Gasteiger partial charge in [0.25, 0.3) is 0 Å². The second-order valence-electron chi connectivity index (χ2n) is 3.08.